The van der Waals surface area contributed by atoms with Gasteiger partial charge in [0.15, 0.2) is 5.69 Å². The van der Waals surface area contributed by atoms with E-state index < -0.39 is 11.4 Å². The number of thiazole rings is 1. The predicted molar refractivity (Wildman–Crippen MR) is 58.9 cm³/mol. The number of carbonyl (C=O) groups is 1. The molecule has 0 bridgehead atoms. The summed E-state index contributed by atoms with van der Waals surface area (Å²) in [5.74, 6) is -1.04. The summed E-state index contributed by atoms with van der Waals surface area (Å²) in [6.45, 7) is 1.43. The number of carboxylic acids is 1. The van der Waals surface area contributed by atoms with E-state index in [-0.39, 0.29) is 11.1 Å². The van der Waals surface area contributed by atoms with Crippen molar-refractivity contribution in [3.63, 3.8) is 0 Å². The van der Waals surface area contributed by atoms with E-state index in [1.807, 2.05) is 0 Å². The van der Waals surface area contributed by atoms with Gasteiger partial charge in [-0.1, -0.05) is 0 Å². The van der Waals surface area contributed by atoms with Crippen LogP contribution in [-0.2, 0) is 10.2 Å². The number of hydrogen-bond donors (Lipinski definition) is 1. The fourth-order valence-corrected chi connectivity index (χ4v) is 3.64. The first kappa shape index (κ1) is 10.7. The monoisotopic (exact) mass is 250 g/mol. The lowest BCUT2D eigenvalue weighted by molar-refractivity contribution is -0.178. The van der Waals surface area contributed by atoms with E-state index in [1.165, 1.54) is 16.7 Å². The highest BCUT2D eigenvalue weighted by molar-refractivity contribution is 7.10. The quantitative estimate of drug-likeness (QED) is 0.858. The van der Waals surface area contributed by atoms with Crippen LogP contribution in [0.3, 0.4) is 0 Å². The summed E-state index contributed by atoms with van der Waals surface area (Å²) in [6, 6.07) is 2.31. The Morgan fingerprint density at radius 2 is 2.29 bits per heavy atom. The Labute approximate surface area is 102 Å². The summed E-state index contributed by atoms with van der Waals surface area (Å²) < 4.78 is 5.18. The number of aromatic carboxylic acids is 1. The number of carboxylic acid groups (broad SMARTS) is 1. The summed E-state index contributed by atoms with van der Waals surface area (Å²) in [6.07, 6.45) is 1.48. The van der Waals surface area contributed by atoms with Gasteiger partial charge in [0.1, 0.15) is 10.4 Å². The highest BCUT2D eigenvalue weighted by Gasteiger charge is 2.61. The van der Waals surface area contributed by atoms with E-state index in [9.17, 15) is 10.1 Å². The maximum absolute atomic E-state index is 10.8. The van der Waals surface area contributed by atoms with Gasteiger partial charge in [-0.15, -0.1) is 11.3 Å². The normalized spacial score (nSPS) is 23.5. The molecule has 1 aromatic rings. The molecule has 1 spiro atoms. The van der Waals surface area contributed by atoms with Crippen molar-refractivity contribution in [3.05, 3.63) is 16.1 Å². The zero-order valence-corrected chi connectivity index (χ0v) is 9.79. The Balaban J connectivity index is 1.86. The van der Waals surface area contributed by atoms with Gasteiger partial charge in [-0.2, -0.15) is 5.26 Å². The van der Waals surface area contributed by atoms with Crippen LogP contribution in [0.5, 0.6) is 0 Å². The molecule has 2 heterocycles. The Morgan fingerprint density at radius 1 is 1.59 bits per heavy atom. The lowest BCUT2D eigenvalue weighted by atomic mass is 9.52. The molecule has 0 amide bonds. The molecule has 2 fully saturated rings. The number of nitriles is 1. The molecular formula is C11H10N2O3S. The van der Waals surface area contributed by atoms with Crippen LogP contribution in [0, 0.1) is 16.7 Å². The molecule has 2 aliphatic rings. The van der Waals surface area contributed by atoms with Crippen LogP contribution in [0.25, 0.3) is 0 Å². The molecule has 1 saturated carbocycles. The van der Waals surface area contributed by atoms with Gasteiger partial charge in [0.25, 0.3) is 0 Å². The summed E-state index contributed by atoms with van der Waals surface area (Å²) in [5.41, 5.74) is -0.391. The van der Waals surface area contributed by atoms with Crippen molar-refractivity contribution in [1.82, 2.24) is 4.98 Å². The minimum absolute atomic E-state index is 0.0328. The first-order valence-corrected chi connectivity index (χ1v) is 6.16. The van der Waals surface area contributed by atoms with E-state index >= 15 is 0 Å². The Kier molecular flexibility index (Phi) is 2.06. The molecule has 1 saturated heterocycles. The van der Waals surface area contributed by atoms with Crippen LogP contribution in [-0.4, -0.2) is 29.3 Å². The summed E-state index contributed by atoms with van der Waals surface area (Å²) in [5, 5.41) is 20.3. The fourth-order valence-electron chi connectivity index (χ4n) is 2.69. The lowest BCUT2D eigenvalue weighted by Gasteiger charge is -2.56. The van der Waals surface area contributed by atoms with Gasteiger partial charge >= 0.3 is 5.97 Å². The van der Waals surface area contributed by atoms with Crippen molar-refractivity contribution < 1.29 is 14.6 Å². The zero-order valence-electron chi connectivity index (χ0n) is 8.97. The van der Waals surface area contributed by atoms with Gasteiger partial charge in [0, 0.05) is 10.8 Å². The molecular weight excluding hydrogens is 240 g/mol. The molecule has 17 heavy (non-hydrogen) atoms. The van der Waals surface area contributed by atoms with Crippen molar-refractivity contribution in [1.29, 1.82) is 5.26 Å². The minimum atomic E-state index is -1.04. The number of ether oxygens (including phenoxy) is 1. The van der Waals surface area contributed by atoms with Gasteiger partial charge in [0.2, 0.25) is 0 Å². The second-order valence-corrected chi connectivity index (χ2v) is 5.74. The third-order valence-electron chi connectivity index (χ3n) is 3.52. The van der Waals surface area contributed by atoms with Gasteiger partial charge < -0.3 is 9.84 Å². The van der Waals surface area contributed by atoms with E-state index in [4.69, 9.17) is 9.84 Å². The zero-order chi connectivity index (χ0) is 12.1. The third kappa shape index (κ3) is 1.39. The second-order valence-electron chi connectivity index (χ2n) is 4.88. The molecule has 88 valence electrons. The topological polar surface area (TPSA) is 83.2 Å². The first-order chi connectivity index (χ1) is 8.09. The van der Waals surface area contributed by atoms with Crippen LogP contribution in [0.15, 0.2) is 5.38 Å². The molecule has 1 N–H and O–H groups in total. The van der Waals surface area contributed by atoms with E-state index in [1.54, 1.807) is 0 Å². The molecule has 0 atom stereocenters. The Bertz CT molecular complexity index is 519. The molecule has 5 nitrogen and oxygen atoms in total. The van der Waals surface area contributed by atoms with E-state index in [0.29, 0.717) is 18.2 Å². The molecule has 0 aromatic carbocycles. The maximum Gasteiger partial charge on any atom is 0.355 e. The molecule has 1 aromatic heterocycles. The fraction of sp³-hybridized carbons (Fsp3) is 0.545. The number of hydrogen-bond acceptors (Lipinski definition) is 5. The third-order valence-corrected chi connectivity index (χ3v) is 4.56. The standard InChI is InChI=1S/C11H10N2O3S/c12-4-11(2-10(3-11)5-16-6-10)9-13-7(1-17-9)8(14)15/h1H,2-3,5-6H2,(H,14,15). The summed E-state index contributed by atoms with van der Waals surface area (Å²) in [4.78, 5) is 14.8. The number of nitrogens with zero attached hydrogens (tertiary/aromatic N) is 2. The van der Waals surface area contributed by atoms with E-state index in [2.05, 4.69) is 11.1 Å². The molecule has 1 aliphatic heterocycles. The highest BCUT2D eigenvalue weighted by atomic mass is 32.1. The van der Waals surface area contributed by atoms with Crippen molar-refractivity contribution in [2.75, 3.05) is 13.2 Å². The van der Waals surface area contributed by atoms with Crippen LogP contribution >= 0.6 is 11.3 Å². The average Bonchev–Trinajstić information content (AvgIpc) is 2.64. The SMILES string of the molecule is N#CC1(c2nc(C(=O)O)cs2)CC2(COC2)C1. The Morgan fingerprint density at radius 3 is 2.71 bits per heavy atom. The van der Waals surface area contributed by atoms with Crippen LogP contribution < -0.4 is 0 Å². The average molecular weight is 250 g/mol. The van der Waals surface area contributed by atoms with Crippen molar-refractivity contribution >= 4 is 17.3 Å². The van der Waals surface area contributed by atoms with Crippen LogP contribution in [0.4, 0.5) is 0 Å². The van der Waals surface area contributed by atoms with E-state index in [0.717, 1.165) is 12.8 Å². The maximum atomic E-state index is 10.8. The smallest absolute Gasteiger partial charge is 0.355 e. The molecule has 0 unspecified atom stereocenters. The van der Waals surface area contributed by atoms with Crippen molar-refractivity contribution in [3.8, 4) is 6.07 Å². The molecule has 6 heteroatoms. The summed E-state index contributed by atoms with van der Waals surface area (Å²) in [7, 11) is 0. The van der Waals surface area contributed by atoms with Gasteiger partial charge in [-0.05, 0) is 12.8 Å². The molecule has 1 aliphatic carbocycles. The van der Waals surface area contributed by atoms with Gasteiger partial charge in [0.05, 0.1) is 19.3 Å². The molecule has 0 radical (unpaired) electrons. The second kappa shape index (κ2) is 3.28. The van der Waals surface area contributed by atoms with Gasteiger partial charge in [-0.25, -0.2) is 9.78 Å². The van der Waals surface area contributed by atoms with Crippen LogP contribution in [0.1, 0.15) is 28.3 Å². The minimum Gasteiger partial charge on any atom is -0.476 e. The number of rotatable bonds is 2. The number of aromatic nitrogens is 1. The highest BCUT2D eigenvalue weighted by Crippen LogP contribution is 2.59. The van der Waals surface area contributed by atoms with Crippen molar-refractivity contribution in [2.24, 2.45) is 5.41 Å². The predicted octanol–water partition coefficient (Wildman–Crippen LogP) is 1.41. The Hall–Kier alpha value is -1.45. The lowest BCUT2D eigenvalue weighted by Crippen LogP contribution is -2.59. The summed E-state index contributed by atoms with van der Waals surface area (Å²) >= 11 is 1.27. The largest absolute Gasteiger partial charge is 0.476 e. The first-order valence-electron chi connectivity index (χ1n) is 5.28. The van der Waals surface area contributed by atoms with Crippen molar-refractivity contribution in [2.45, 2.75) is 18.3 Å². The van der Waals surface area contributed by atoms with Crippen LogP contribution in [0.2, 0.25) is 0 Å². The van der Waals surface area contributed by atoms with Gasteiger partial charge in [-0.3, -0.25) is 0 Å². The molecule has 3 rings (SSSR count).